The Morgan fingerprint density at radius 1 is 1.32 bits per heavy atom. The average Bonchev–Trinajstić information content (AvgIpc) is 2.86. The number of cyclic esters (lactones) is 1. The van der Waals surface area contributed by atoms with E-state index in [2.05, 4.69) is 9.97 Å². The topological polar surface area (TPSA) is 75.6 Å². The van der Waals surface area contributed by atoms with Crippen molar-refractivity contribution in [1.29, 1.82) is 0 Å². The van der Waals surface area contributed by atoms with Crippen molar-refractivity contribution >= 4 is 17.8 Å². The number of ether oxygens (including phenoxy) is 1. The minimum atomic E-state index is -0.370. The number of rotatable bonds is 2. The third kappa shape index (κ3) is 2.88. The first-order chi connectivity index (χ1) is 10.5. The Kier molecular flexibility index (Phi) is 3.96. The zero-order chi connectivity index (χ0) is 15.7. The molecular formula is C15H20N4O3. The van der Waals surface area contributed by atoms with Crippen LogP contribution in [-0.2, 0) is 9.53 Å². The van der Waals surface area contributed by atoms with Gasteiger partial charge in [0.15, 0.2) is 5.82 Å². The third-order valence-corrected chi connectivity index (χ3v) is 4.24. The van der Waals surface area contributed by atoms with Gasteiger partial charge in [-0.3, -0.25) is 14.7 Å². The second kappa shape index (κ2) is 5.90. The van der Waals surface area contributed by atoms with Crippen molar-refractivity contribution in [3.05, 3.63) is 18.1 Å². The Hall–Kier alpha value is -2.18. The van der Waals surface area contributed by atoms with Crippen molar-refractivity contribution in [2.24, 2.45) is 0 Å². The van der Waals surface area contributed by atoms with Gasteiger partial charge in [-0.15, -0.1) is 0 Å². The van der Waals surface area contributed by atoms with Crippen LogP contribution in [0.3, 0.4) is 0 Å². The highest BCUT2D eigenvalue weighted by atomic mass is 16.6. The van der Waals surface area contributed by atoms with E-state index in [0.29, 0.717) is 12.4 Å². The van der Waals surface area contributed by atoms with Crippen LogP contribution in [0.25, 0.3) is 0 Å². The average molecular weight is 304 g/mol. The summed E-state index contributed by atoms with van der Waals surface area (Å²) in [7, 11) is 0. The molecule has 0 saturated carbocycles. The number of nitrogens with zero attached hydrogens (tertiary/aromatic N) is 4. The SMILES string of the molecule is CC(=O)N1CCC(c2cncc(N3CC(C)OC3=O)n2)CC1. The van der Waals surface area contributed by atoms with Gasteiger partial charge in [-0.2, -0.15) is 0 Å². The van der Waals surface area contributed by atoms with Crippen LogP contribution < -0.4 is 4.90 Å². The fourth-order valence-electron chi connectivity index (χ4n) is 2.98. The van der Waals surface area contributed by atoms with Crippen LogP contribution >= 0.6 is 0 Å². The molecule has 2 aliphatic heterocycles. The molecule has 2 fully saturated rings. The quantitative estimate of drug-likeness (QED) is 0.828. The van der Waals surface area contributed by atoms with Gasteiger partial charge in [-0.1, -0.05) is 0 Å². The van der Waals surface area contributed by atoms with Gasteiger partial charge in [0, 0.05) is 32.1 Å². The molecule has 3 heterocycles. The summed E-state index contributed by atoms with van der Waals surface area (Å²) in [6.45, 7) is 5.44. The van der Waals surface area contributed by atoms with Gasteiger partial charge in [-0.05, 0) is 19.8 Å². The highest BCUT2D eigenvalue weighted by Crippen LogP contribution is 2.28. The van der Waals surface area contributed by atoms with Gasteiger partial charge >= 0.3 is 6.09 Å². The number of aromatic nitrogens is 2. The maximum Gasteiger partial charge on any atom is 0.415 e. The van der Waals surface area contributed by atoms with E-state index >= 15 is 0 Å². The molecule has 1 aromatic rings. The number of carbonyl (C=O) groups excluding carboxylic acids is 2. The highest BCUT2D eigenvalue weighted by Gasteiger charge is 2.31. The molecule has 0 bridgehead atoms. The molecule has 1 unspecified atom stereocenters. The van der Waals surface area contributed by atoms with Crippen LogP contribution in [0.1, 0.15) is 38.3 Å². The van der Waals surface area contributed by atoms with Gasteiger partial charge in [-0.25, -0.2) is 9.78 Å². The van der Waals surface area contributed by atoms with Gasteiger partial charge in [0.25, 0.3) is 0 Å². The first-order valence-corrected chi connectivity index (χ1v) is 7.60. The Morgan fingerprint density at radius 2 is 2.05 bits per heavy atom. The van der Waals surface area contributed by atoms with Crippen molar-refractivity contribution < 1.29 is 14.3 Å². The summed E-state index contributed by atoms with van der Waals surface area (Å²) in [5, 5.41) is 0. The molecule has 0 aromatic carbocycles. The van der Waals surface area contributed by atoms with Crippen molar-refractivity contribution in [3.63, 3.8) is 0 Å². The minimum absolute atomic E-state index is 0.118. The number of piperidine rings is 1. The predicted octanol–water partition coefficient (Wildman–Crippen LogP) is 1.55. The molecule has 2 saturated heterocycles. The first-order valence-electron chi connectivity index (χ1n) is 7.60. The monoisotopic (exact) mass is 304 g/mol. The second-order valence-electron chi connectivity index (χ2n) is 5.89. The van der Waals surface area contributed by atoms with Gasteiger partial charge in [0.05, 0.1) is 18.4 Å². The van der Waals surface area contributed by atoms with E-state index in [9.17, 15) is 9.59 Å². The first kappa shape index (κ1) is 14.7. The Balaban J connectivity index is 1.72. The lowest BCUT2D eigenvalue weighted by atomic mass is 9.94. The van der Waals surface area contributed by atoms with Crippen LogP contribution in [0, 0.1) is 0 Å². The van der Waals surface area contributed by atoms with E-state index in [-0.39, 0.29) is 24.0 Å². The van der Waals surface area contributed by atoms with Crippen molar-refractivity contribution in [3.8, 4) is 0 Å². The van der Waals surface area contributed by atoms with Crippen LogP contribution in [0.4, 0.5) is 10.6 Å². The lowest BCUT2D eigenvalue weighted by molar-refractivity contribution is -0.129. The lowest BCUT2D eigenvalue weighted by Gasteiger charge is -2.31. The maximum absolute atomic E-state index is 11.8. The van der Waals surface area contributed by atoms with Crippen molar-refractivity contribution in [1.82, 2.24) is 14.9 Å². The van der Waals surface area contributed by atoms with Crippen molar-refractivity contribution in [2.45, 2.75) is 38.7 Å². The summed E-state index contributed by atoms with van der Waals surface area (Å²) in [5.41, 5.74) is 0.882. The highest BCUT2D eigenvalue weighted by molar-refractivity contribution is 5.88. The summed E-state index contributed by atoms with van der Waals surface area (Å²) in [6, 6.07) is 0. The predicted molar refractivity (Wildman–Crippen MR) is 79.6 cm³/mol. The largest absolute Gasteiger partial charge is 0.444 e. The fraction of sp³-hybridized carbons (Fsp3) is 0.600. The number of amides is 2. The molecule has 118 valence electrons. The van der Waals surface area contributed by atoms with E-state index in [1.807, 2.05) is 11.8 Å². The summed E-state index contributed by atoms with van der Waals surface area (Å²) in [5.74, 6) is 0.937. The molecule has 7 heteroatoms. The normalized spacial score (nSPS) is 22.8. The van der Waals surface area contributed by atoms with Gasteiger partial charge in [0.1, 0.15) is 6.10 Å². The maximum atomic E-state index is 11.8. The van der Waals surface area contributed by atoms with Crippen LogP contribution in [0.2, 0.25) is 0 Å². The summed E-state index contributed by atoms with van der Waals surface area (Å²) >= 11 is 0. The van der Waals surface area contributed by atoms with Crippen LogP contribution in [-0.4, -0.2) is 52.6 Å². The molecule has 0 spiro atoms. The number of carbonyl (C=O) groups is 2. The number of hydrogen-bond donors (Lipinski definition) is 0. The Morgan fingerprint density at radius 3 is 2.64 bits per heavy atom. The van der Waals surface area contributed by atoms with E-state index < -0.39 is 0 Å². The molecule has 0 aliphatic carbocycles. The zero-order valence-electron chi connectivity index (χ0n) is 12.9. The smallest absolute Gasteiger partial charge is 0.415 e. The van der Waals surface area contributed by atoms with E-state index in [1.165, 1.54) is 4.90 Å². The molecule has 22 heavy (non-hydrogen) atoms. The number of anilines is 1. The summed E-state index contributed by atoms with van der Waals surface area (Å²) in [4.78, 5) is 35.4. The fourth-order valence-corrected chi connectivity index (χ4v) is 2.98. The van der Waals surface area contributed by atoms with Crippen LogP contribution in [0.5, 0.6) is 0 Å². The minimum Gasteiger partial charge on any atom is -0.444 e. The molecule has 0 N–H and O–H groups in total. The standard InChI is InChI=1S/C15H20N4O3/c1-10-9-19(15(21)22-10)14-8-16-7-13(17-14)12-3-5-18(6-4-12)11(2)20/h7-8,10,12H,3-6,9H2,1-2H3. The van der Waals surface area contributed by atoms with Gasteiger partial charge < -0.3 is 9.64 Å². The Bertz CT molecular complexity index is 584. The second-order valence-corrected chi connectivity index (χ2v) is 5.89. The Labute approximate surface area is 129 Å². The molecule has 2 aliphatic rings. The summed E-state index contributed by atoms with van der Waals surface area (Å²) < 4.78 is 5.13. The molecule has 1 aromatic heterocycles. The molecule has 1 atom stereocenters. The van der Waals surface area contributed by atoms with E-state index in [0.717, 1.165) is 31.6 Å². The molecule has 2 amide bonds. The zero-order valence-corrected chi connectivity index (χ0v) is 12.9. The van der Waals surface area contributed by atoms with Crippen molar-refractivity contribution in [2.75, 3.05) is 24.5 Å². The molecular weight excluding hydrogens is 284 g/mol. The molecule has 0 radical (unpaired) electrons. The molecule has 3 rings (SSSR count). The third-order valence-electron chi connectivity index (χ3n) is 4.24. The number of likely N-dealkylation sites (tertiary alicyclic amines) is 1. The van der Waals surface area contributed by atoms with Gasteiger partial charge in [0.2, 0.25) is 5.91 Å². The summed E-state index contributed by atoms with van der Waals surface area (Å²) in [6.07, 6.45) is 4.59. The molecule has 7 nitrogen and oxygen atoms in total. The van der Waals surface area contributed by atoms with E-state index in [4.69, 9.17) is 4.74 Å². The lowest BCUT2D eigenvalue weighted by Crippen LogP contribution is -2.36. The number of hydrogen-bond acceptors (Lipinski definition) is 5. The van der Waals surface area contributed by atoms with Crippen LogP contribution in [0.15, 0.2) is 12.4 Å². The van der Waals surface area contributed by atoms with E-state index in [1.54, 1.807) is 19.3 Å².